The fourth-order valence-electron chi connectivity index (χ4n) is 5.53. The van der Waals surface area contributed by atoms with Crippen LogP contribution >= 0.6 is 11.8 Å². The van der Waals surface area contributed by atoms with Gasteiger partial charge in [0.05, 0.1) is 27.8 Å². The van der Waals surface area contributed by atoms with Gasteiger partial charge in [-0.3, -0.25) is 4.79 Å². The number of carboxylic acids is 1. The number of sulfone groups is 1. The maximum absolute atomic E-state index is 14.1. The number of benzene rings is 3. The summed E-state index contributed by atoms with van der Waals surface area (Å²) in [6.07, 6.45) is 3.31. The Bertz CT molecular complexity index is 1530. The third kappa shape index (κ3) is 7.94. The third-order valence-electron chi connectivity index (χ3n) is 7.91. The highest BCUT2D eigenvalue weighted by Gasteiger charge is 2.42. The van der Waals surface area contributed by atoms with Gasteiger partial charge >= 0.3 is 5.97 Å². The van der Waals surface area contributed by atoms with E-state index in [0.29, 0.717) is 34.9 Å². The van der Waals surface area contributed by atoms with Crippen molar-refractivity contribution in [3.05, 3.63) is 78.4 Å². The summed E-state index contributed by atoms with van der Waals surface area (Å²) in [6.45, 7) is 4.01. The average Bonchev–Trinajstić information content (AvgIpc) is 3.12. The molecule has 44 heavy (non-hydrogen) atoms. The van der Waals surface area contributed by atoms with Gasteiger partial charge in [0.15, 0.2) is 22.5 Å². The zero-order valence-corrected chi connectivity index (χ0v) is 26.7. The number of carbonyl (C=O) groups excluding carboxylic acids is 1. The first-order valence-corrected chi connectivity index (χ1v) is 17.4. The second kappa shape index (κ2) is 15.0. The molecular formula is C33H40N2O7S2. The van der Waals surface area contributed by atoms with Gasteiger partial charge in [-0.25, -0.2) is 13.2 Å². The van der Waals surface area contributed by atoms with Crippen LogP contribution in [-0.2, 0) is 19.4 Å². The normalized spacial score (nSPS) is 18.1. The van der Waals surface area contributed by atoms with Crippen molar-refractivity contribution < 1.29 is 33.0 Å². The zero-order chi connectivity index (χ0) is 31.7. The quantitative estimate of drug-likeness (QED) is 0.193. The van der Waals surface area contributed by atoms with Crippen molar-refractivity contribution in [1.29, 1.82) is 0 Å². The summed E-state index contributed by atoms with van der Waals surface area (Å²) in [4.78, 5) is 27.5. The van der Waals surface area contributed by atoms with Gasteiger partial charge in [-0.1, -0.05) is 75.2 Å². The van der Waals surface area contributed by atoms with Gasteiger partial charge in [0.25, 0.3) is 5.91 Å². The van der Waals surface area contributed by atoms with Crippen LogP contribution in [0.5, 0.6) is 5.75 Å². The number of carboxylic acid groups (broad SMARTS) is 1. The van der Waals surface area contributed by atoms with Gasteiger partial charge < -0.3 is 25.2 Å². The molecule has 0 radical (unpaired) electrons. The predicted octanol–water partition coefficient (Wildman–Crippen LogP) is 5.60. The highest BCUT2D eigenvalue weighted by atomic mass is 32.2. The summed E-state index contributed by atoms with van der Waals surface area (Å²) >= 11 is 1.29. The number of nitrogens with zero attached hydrogens (tertiary/aromatic N) is 1. The molecule has 0 aliphatic carbocycles. The molecule has 0 fully saturated rings. The van der Waals surface area contributed by atoms with Crippen molar-refractivity contribution in [1.82, 2.24) is 5.32 Å². The second-order valence-corrected chi connectivity index (χ2v) is 14.1. The van der Waals surface area contributed by atoms with Crippen LogP contribution in [0.15, 0.2) is 82.6 Å². The van der Waals surface area contributed by atoms with Crippen LogP contribution in [0.2, 0.25) is 0 Å². The van der Waals surface area contributed by atoms with Crippen molar-refractivity contribution in [2.45, 2.75) is 55.4 Å². The molecule has 1 unspecified atom stereocenters. The van der Waals surface area contributed by atoms with Gasteiger partial charge in [0.1, 0.15) is 5.75 Å². The number of nitrogens with one attached hydrogen (secondary N) is 1. The topological polar surface area (TPSA) is 133 Å². The number of hydrogen-bond acceptors (Lipinski definition) is 8. The van der Waals surface area contributed by atoms with E-state index in [0.717, 1.165) is 24.9 Å². The van der Waals surface area contributed by atoms with Gasteiger partial charge in [-0.2, -0.15) is 0 Å². The molecule has 236 valence electrons. The van der Waals surface area contributed by atoms with E-state index in [4.69, 9.17) is 4.74 Å². The van der Waals surface area contributed by atoms with Gasteiger partial charge in [0.2, 0.25) is 0 Å². The molecule has 9 nitrogen and oxygen atoms in total. The molecule has 11 heteroatoms. The lowest BCUT2D eigenvalue weighted by atomic mass is 9.81. The van der Waals surface area contributed by atoms with E-state index in [2.05, 4.69) is 17.1 Å². The van der Waals surface area contributed by atoms with Crippen molar-refractivity contribution in [3.8, 4) is 5.75 Å². The first kappa shape index (κ1) is 33.4. The number of ether oxygens (including phenoxy) is 1. The van der Waals surface area contributed by atoms with Crippen LogP contribution < -0.4 is 15.0 Å². The summed E-state index contributed by atoms with van der Waals surface area (Å²) in [7, 11) is -3.79. The summed E-state index contributed by atoms with van der Waals surface area (Å²) in [5.41, 5.74) is 1.32. The Morgan fingerprint density at radius 1 is 1.07 bits per heavy atom. The fourth-order valence-corrected chi connectivity index (χ4v) is 8.47. The Balaban J connectivity index is 1.73. The number of unbranched alkanes of at least 4 members (excludes halogenated alkanes) is 1. The highest BCUT2D eigenvalue weighted by Crippen LogP contribution is 2.47. The highest BCUT2D eigenvalue weighted by molar-refractivity contribution is 7.99. The number of fused-ring (bicyclic) bond motifs is 1. The third-order valence-corrected chi connectivity index (χ3v) is 10.9. The number of aliphatic hydroxyl groups is 1. The lowest BCUT2D eigenvalue weighted by molar-refractivity contribution is -0.142. The van der Waals surface area contributed by atoms with Crippen LogP contribution in [0.4, 0.5) is 11.4 Å². The predicted molar refractivity (Wildman–Crippen MR) is 172 cm³/mol. The van der Waals surface area contributed by atoms with Crippen molar-refractivity contribution in [2.24, 2.45) is 5.41 Å². The number of carbonyl (C=O) groups is 2. The van der Waals surface area contributed by atoms with Gasteiger partial charge in [0, 0.05) is 29.5 Å². The van der Waals surface area contributed by atoms with E-state index in [1.54, 1.807) is 36.4 Å². The fraction of sp³-hybridized carbons (Fsp3) is 0.394. The molecule has 3 N–H and O–H groups in total. The maximum Gasteiger partial charge on any atom is 0.330 e. The summed E-state index contributed by atoms with van der Waals surface area (Å²) in [6, 6.07) is 20.0. The SMILES string of the molecule is CCCCC1(CC)CN(c2ccccc2)c2cc(SCCO)c(OCC(=O)N[C@@H](C(=O)O)c3ccccc3)cc2S(=O)(=O)C1. The van der Waals surface area contributed by atoms with Crippen molar-refractivity contribution >= 4 is 44.9 Å². The van der Waals surface area contributed by atoms with Crippen LogP contribution in [-0.4, -0.2) is 61.8 Å². The molecular weight excluding hydrogens is 601 g/mol. The van der Waals surface area contributed by atoms with Gasteiger partial charge in [-0.05, 0) is 36.6 Å². The first-order valence-electron chi connectivity index (χ1n) is 14.8. The van der Waals surface area contributed by atoms with E-state index >= 15 is 0 Å². The van der Waals surface area contributed by atoms with E-state index < -0.39 is 39.8 Å². The lowest BCUT2D eigenvalue weighted by Crippen LogP contribution is -2.37. The van der Waals surface area contributed by atoms with E-state index in [9.17, 15) is 28.2 Å². The first-order chi connectivity index (χ1) is 21.1. The Hall–Kier alpha value is -3.54. The van der Waals surface area contributed by atoms with Crippen molar-refractivity contribution in [3.63, 3.8) is 0 Å². The van der Waals surface area contributed by atoms with Crippen molar-refractivity contribution in [2.75, 3.05) is 36.2 Å². The lowest BCUT2D eigenvalue weighted by Gasteiger charge is -2.36. The number of amides is 1. The molecule has 0 bridgehead atoms. The number of aliphatic carboxylic acids is 1. The maximum atomic E-state index is 14.1. The molecule has 3 aromatic rings. The monoisotopic (exact) mass is 640 g/mol. The Morgan fingerprint density at radius 2 is 1.75 bits per heavy atom. The van der Waals surface area contributed by atoms with E-state index in [-0.39, 0.29) is 23.0 Å². The summed E-state index contributed by atoms with van der Waals surface area (Å²) in [5.74, 6) is -1.41. The number of para-hydroxylation sites is 1. The van der Waals surface area contributed by atoms with Crippen LogP contribution in [0.25, 0.3) is 0 Å². The second-order valence-electron chi connectivity index (χ2n) is 11.0. The Kier molecular flexibility index (Phi) is 11.3. The van der Waals surface area contributed by atoms with Crippen LogP contribution in [0, 0.1) is 5.41 Å². The molecule has 2 atom stereocenters. The molecule has 1 aliphatic heterocycles. The van der Waals surface area contributed by atoms with Crippen LogP contribution in [0.3, 0.4) is 0 Å². The number of hydrogen-bond donors (Lipinski definition) is 3. The minimum Gasteiger partial charge on any atom is -0.483 e. The molecule has 1 heterocycles. The molecule has 0 spiro atoms. The largest absolute Gasteiger partial charge is 0.483 e. The number of thioether (sulfide) groups is 1. The molecule has 0 saturated heterocycles. The molecule has 1 amide bonds. The number of anilines is 2. The van der Waals surface area contributed by atoms with E-state index in [1.165, 1.54) is 17.8 Å². The summed E-state index contributed by atoms with van der Waals surface area (Å²) < 4.78 is 34.2. The van der Waals surface area contributed by atoms with Gasteiger partial charge in [-0.15, -0.1) is 11.8 Å². The minimum absolute atomic E-state index is 0.0206. The Labute approximate surface area is 263 Å². The number of rotatable bonds is 14. The molecule has 4 rings (SSSR count). The molecule has 0 saturated carbocycles. The molecule has 0 aromatic heterocycles. The summed E-state index contributed by atoms with van der Waals surface area (Å²) in [5, 5.41) is 21.8. The Morgan fingerprint density at radius 3 is 2.36 bits per heavy atom. The number of aliphatic hydroxyl groups excluding tert-OH is 1. The standard InChI is InChI=1S/C33H40N2O7S2/c1-3-5-16-33(4-2)22-35(25-14-10-7-11-15-25)26-19-28(43-18-17-36)27(20-29(26)44(40,41)23-33)42-21-30(37)34-31(32(38)39)24-12-8-6-9-13-24/h6-15,19-20,31,36H,3-5,16-18,21-23H2,1-2H3,(H,34,37)(H,38,39)/t31-,33?/m1/s1. The smallest absolute Gasteiger partial charge is 0.330 e. The molecule has 1 aliphatic rings. The molecule has 3 aromatic carbocycles. The minimum atomic E-state index is -3.79. The average molecular weight is 641 g/mol. The van der Waals surface area contributed by atoms with Crippen LogP contribution in [0.1, 0.15) is 51.1 Å². The zero-order valence-electron chi connectivity index (χ0n) is 25.1. The van der Waals surface area contributed by atoms with E-state index in [1.807, 2.05) is 37.3 Å².